The number of carbonyl (C=O) groups is 2. The maximum Gasteiger partial charge on any atom is 0.323 e. The van der Waals surface area contributed by atoms with Crippen molar-refractivity contribution >= 4 is 27.9 Å². The minimum Gasteiger partial charge on any atom is -0.496 e. The minimum atomic E-state index is -1.42. The third-order valence-electron chi connectivity index (χ3n) is 5.16. The molecule has 6 heteroatoms. The van der Waals surface area contributed by atoms with Crippen molar-refractivity contribution in [2.24, 2.45) is 5.41 Å². The average Bonchev–Trinajstić information content (AvgIpc) is 2.73. The Labute approximate surface area is 180 Å². The second kappa shape index (κ2) is 9.92. The smallest absolute Gasteiger partial charge is 0.323 e. The zero-order valence-corrected chi connectivity index (χ0v) is 19.1. The number of halogens is 1. The minimum absolute atomic E-state index is 0.208. The molecular formula is C23H27BrO5. The predicted molar refractivity (Wildman–Crippen MR) is 115 cm³/mol. The molecule has 0 bridgehead atoms. The molecule has 0 fully saturated rings. The summed E-state index contributed by atoms with van der Waals surface area (Å²) in [5, 5.41) is 0. The van der Waals surface area contributed by atoms with Gasteiger partial charge in [-0.15, -0.1) is 0 Å². The van der Waals surface area contributed by atoms with Crippen LogP contribution in [0, 0.1) is 19.3 Å². The van der Waals surface area contributed by atoms with Crippen LogP contribution in [0.1, 0.15) is 28.7 Å². The first-order valence-electron chi connectivity index (χ1n) is 9.32. The Morgan fingerprint density at radius 1 is 0.966 bits per heavy atom. The lowest BCUT2D eigenvalue weighted by molar-refractivity contribution is -0.169. The van der Waals surface area contributed by atoms with Gasteiger partial charge < -0.3 is 14.2 Å². The molecular weight excluding hydrogens is 436 g/mol. The van der Waals surface area contributed by atoms with Gasteiger partial charge in [0.2, 0.25) is 0 Å². The first-order valence-corrected chi connectivity index (χ1v) is 10.1. The zero-order chi connectivity index (χ0) is 21.6. The standard InChI is InChI=1S/C23H27BrO5/c1-15-6-8-17(9-7-15)14-23(21(25)28-4,22(26)29-5)11-10-18-12-16(2)20(27-3)13-19(18)24/h6-9,12-13H,10-11,14H2,1-5H3. The third kappa shape index (κ3) is 5.18. The van der Waals surface area contributed by atoms with Crippen LogP contribution < -0.4 is 4.74 Å². The van der Waals surface area contributed by atoms with Crippen LogP contribution in [0.15, 0.2) is 40.9 Å². The molecule has 0 spiro atoms. The predicted octanol–water partition coefficient (Wildman–Crippen LogP) is 4.58. The quantitative estimate of drug-likeness (QED) is 0.424. The molecule has 2 rings (SSSR count). The van der Waals surface area contributed by atoms with Gasteiger partial charge in [0, 0.05) is 4.47 Å². The monoisotopic (exact) mass is 462 g/mol. The summed E-state index contributed by atoms with van der Waals surface area (Å²) in [4.78, 5) is 25.6. The number of hydrogen-bond acceptors (Lipinski definition) is 5. The van der Waals surface area contributed by atoms with Crippen molar-refractivity contribution in [1.82, 2.24) is 0 Å². The van der Waals surface area contributed by atoms with Crippen molar-refractivity contribution in [1.29, 1.82) is 0 Å². The van der Waals surface area contributed by atoms with Crippen LogP contribution in [0.3, 0.4) is 0 Å². The normalized spacial score (nSPS) is 11.1. The summed E-state index contributed by atoms with van der Waals surface area (Å²) in [6.07, 6.45) is 0.950. The molecule has 5 nitrogen and oxygen atoms in total. The Kier molecular flexibility index (Phi) is 7.85. The number of benzene rings is 2. The van der Waals surface area contributed by atoms with E-state index >= 15 is 0 Å². The van der Waals surface area contributed by atoms with Crippen LogP contribution in [0.4, 0.5) is 0 Å². The number of hydrogen-bond donors (Lipinski definition) is 0. The molecule has 0 aliphatic heterocycles. The van der Waals surface area contributed by atoms with Crippen molar-refractivity contribution in [2.75, 3.05) is 21.3 Å². The number of carbonyl (C=O) groups excluding carboxylic acids is 2. The molecule has 0 aliphatic carbocycles. The first kappa shape index (κ1) is 22.9. The molecule has 2 aromatic rings. The average molecular weight is 463 g/mol. The topological polar surface area (TPSA) is 61.8 Å². The summed E-state index contributed by atoms with van der Waals surface area (Å²) >= 11 is 3.56. The van der Waals surface area contributed by atoms with Gasteiger partial charge in [-0.2, -0.15) is 0 Å². The van der Waals surface area contributed by atoms with Crippen molar-refractivity contribution in [3.8, 4) is 5.75 Å². The number of esters is 2. The van der Waals surface area contributed by atoms with Crippen molar-refractivity contribution < 1.29 is 23.8 Å². The molecule has 2 aromatic carbocycles. The van der Waals surface area contributed by atoms with E-state index in [1.807, 2.05) is 50.2 Å². The van der Waals surface area contributed by atoms with E-state index in [2.05, 4.69) is 15.9 Å². The van der Waals surface area contributed by atoms with Gasteiger partial charge in [-0.25, -0.2) is 0 Å². The van der Waals surface area contributed by atoms with Gasteiger partial charge in [-0.3, -0.25) is 9.59 Å². The van der Waals surface area contributed by atoms with E-state index in [0.29, 0.717) is 6.42 Å². The van der Waals surface area contributed by atoms with E-state index in [1.165, 1.54) is 14.2 Å². The maximum atomic E-state index is 12.8. The van der Waals surface area contributed by atoms with Gasteiger partial charge in [0.1, 0.15) is 5.75 Å². The fourth-order valence-electron chi connectivity index (χ4n) is 3.45. The number of rotatable bonds is 8. The molecule has 0 aromatic heterocycles. The molecule has 0 amide bonds. The van der Waals surface area contributed by atoms with Gasteiger partial charge in [0.15, 0.2) is 5.41 Å². The largest absolute Gasteiger partial charge is 0.496 e. The van der Waals surface area contributed by atoms with Crippen molar-refractivity contribution in [3.63, 3.8) is 0 Å². The van der Waals surface area contributed by atoms with Crippen molar-refractivity contribution in [3.05, 3.63) is 63.1 Å². The summed E-state index contributed by atoms with van der Waals surface area (Å²) in [6, 6.07) is 11.6. The van der Waals surface area contributed by atoms with Crippen LogP contribution in [0.25, 0.3) is 0 Å². The van der Waals surface area contributed by atoms with E-state index in [4.69, 9.17) is 14.2 Å². The Morgan fingerprint density at radius 2 is 1.55 bits per heavy atom. The first-order chi connectivity index (χ1) is 13.8. The van der Waals surface area contributed by atoms with Gasteiger partial charge in [-0.05, 0) is 55.9 Å². The highest BCUT2D eigenvalue weighted by Gasteiger charge is 2.48. The van der Waals surface area contributed by atoms with E-state index in [-0.39, 0.29) is 12.8 Å². The van der Waals surface area contributed by atoms with Gasteiger partial charge in [-0.1, -0.05) is 51.8 Å². The Morgan fingerprint density at radius 3 is 2.07 bits per heavy atom. The molecule has 0 saturated heterocycles. The Hall–Kier alpha value is -2.34. The lowest BCUT2D eigenvalue weighted by atomic mass is 9.76. The highest BCUT2D eigenvalue weighted by molar-refractivity contribution is 9.10. The lowest BCUT2D eigenvalue weighted by Crippen LogP contribution is -2.43. The van der Waals surface area contributed by atoms with E-state index in [9.17, 15) is 9.59 Å². The Balaban J connectivity index is 2.41. The van der Waals surface area contributed by atoms with Gasteiger partial charge in [0.05, 0.1) is 21.3 Å². The third-order valence-corrected chi connectivity index (χ3v) is 5.90. The van der Waals surface area contributed by atoms with Gasteiger partial charge >= 0.3 is 11.9 Å². The summed E-state index contributed by atoms with van der Waals surface area (Å²) < 4.78 is 16.3. The molecule has 0 unspecified atom stereocenters. The second-order valence-electron chi connectivity index (χ2n) is 7.14. The summed E-state index contributed by atoms with van der Waals surface area (Å²) in [5.41, 5.74) is 2.51. The molecule has 0 radical (unpaired) electrons. The molecule has 0 heterocycles. The molecule has 156 valence electrons. The van der Waals surface area contributed by atoms with Crippen LogP contribution in [-0.4, -0.2) is 33.3 Å². The van der Waals surface area contributed by atoms with Crippen LogP contribution >= 0.6 is 15.9 Å². The molecule has 0 aliphatic rings. The van der Waals surface area contributed by atoms with Crippen LogP contribution in [0.2, 0.25) is 0 Å². The number of ether oxygens (including phenoxy) is 3. The molecule has 0 atom stereocenters. The van der Waals surface area contributed by atoms with E-state index < -0.39 is 17.4 Å². The number of methoxy groups -OCH3 is 3. The fourth-order valence-corrected chi connectivity index (χ4v) is 3.97. The Bertz CT molecular complexity index is 858. The van der Waals surface area contributed by atoms with Crippen LogP contribution in [-0.2, 0) is 31.9 Å². The molecule has 29 heavy (non-hydrogen) atoms. The lowest BCUT2D eigenvalue weighted by Gasteiger charge is -2.28. The summed E-state index contributed by atoms with van der Waals surface area (Å²) in [6.45, 7) is 3.94. The highest BCUT2D eigenvalue weighted by Crippen LogP contribution is 2.35. The van der Waals surface area contributed by atoms with E-state index in [0.717, 1.165) is 32.5 Å². The zero-order valence-electron chi connectivity index (χ0n) is 17.5. The van der Waals surface area contributed by atoms with Crippen LogP contribution in [0.5, 0.6) is 5.75 Å². The molecule has 0 saturated carbocycles. The summed E-state index contributed by atoms with van der Waals surface area (Å²) in [5.74, 6) is -0.412. The van der Waals surface area contributed by atoms with E-state index in [1.54, 1.807) is 7.11 Å². The number of aryl methyl sites for hydroxylation is 3. The van der Waals surface area contributed by atoms with Crippen molar-refractivity contribution in [2.45, 2.75) is 33.1 Å². The molecule has 0 N–H and O–H groups in total. The van der Waals surface area contributed by atoms with Gasteiger partial charge in [0.25, 0.3) is 0 Å². The SMILES string of the molecule is COC(=O)C(CCc1cc(C)c(OC)cc1Br)(Cc1ccc(C)cc1)C(=O)OC. The fraction of sp³-hybridized carbons (Fsp3) is 0.391. The summed E-state index contributed by atoms with van der Waals surface area (Å²) in [7, 11) is 4.21. The second-order valence-corrected chi connectivity index (χ2v) is 8.00. The maximum absolute atomic E-state index is 12.8. The highest BCUT2D eigenvalue weighted by atomic mass is 79.9.